The van der Waals surface area contributed by atoms with Crippen LogP contribution in [0.2, 0.25) is 0 Å². The molecule has 0 unspecified atom stereocenters. The lowest BCUT2D eigenvalue weighted by Gasteiger charge is -2.31. The van der Waals surface area contributed by atoms with Crippen molar-refractivity contribution >= 4 is 17.5 Å². The Kier molecular flexibility index (Phi) is 5.98. The second kappa shape index (κ2) is 7.97. The molecule has 0 atom stereocenters. The van der Waals surface area contributed by atoms with Gasteiger partial charge in [-0.05, 0) is 44.0 Å². The van der Waals surface area contributed by atoms with Crippen molar-refractivity contribution in [1.82, 2.24) is 5.32 Å². The van der Waals surface area contributed by atoms with E-state index in [1.165, 1.54) is 0 Å². The molecule has 0 radical (unpaired) electrons. The summed E-state index contributed by atoms with van der Waals surface area (Å²) in [5.74, 6) is 0.238. The van der Waals surface area contributed by atoms with Crippen LogP contribution in [0.3, 0.4) is 0 Å². The molecule has 0 bridgehead atoms. The van der Waals surface area contributed by atoms with Crippen molar-refractivity contribution in [2.75, 3.05) is 18.5 Å². The lowest BCUT2D eigenvalue weighted by Crippen LogP contribution is -2.56. The maximum absolute atomic E-state index is 12.2. The highest BCUT2D eigenvalue weighted by molar-refractivity contribution is 5.96. The zero-order chi connectivity index (χ0) is 16.7. The van der Waals surface area contributed by atoms with E-state index in [1.807, 2.05) is 6.92 Å². The van der Waals surface area contributed by atoms with Gasteiger partial charge in [-0.2, -0.15) is 0 Å². The van der Waals surface area contributed by atoms with Gasteiger partial charge in [0.2, 0.25) is 11.8 Å². The minimum Gasteiger partial charge on any atom is -0.494 e. The summed E-state index contributed by atoms with van der Waals surface area (Å²) in [7, 11) is 0. The van der Waals surface area contributed by atoms with Gasteiger partial charge in [0.15, 0.2) is 0 Å². The van der Waals surface area contributed by atoms with E-state index >= 15 is 0 Å². The average molecular weight is 319 g/mol. The molecule has 0 heterocycles. The summed E-state index contributed by atoms with van der Waals surface area (Å²) in [5, 5.41) is 5.38. The molecule has 2 rings (SSSR count). The number of ether oxygens (including phenoxy) is 1. The van der Waals surface area contributed by atoms with Gasteiger partial charge in [-0.15, -0.1) is 0 Å². The van der Waals surface area contributed by atoms with Crippen molar-refractivity contribution < 1.29 is 14.3 Å². The second-order valence-corrected chi connectivity index (χ2v) is 5.91. The molecule has 1 fully saturated rings. The third kappa shape index (κ3) is 4.96. The molecule has 1 aromatic rings. The number of rotatable bonds is 6. The van der Waals surface area contributed by atoms with E-state index in [4.69, 9.17) is 10.5 Å². The summed E-state index contributed by atoms with van der Waals surface area (Å²) in [4.78, 5) is 24.1. The zero-order valence-electron chi connectivity index (χ0n) is 13.6. The van der Waals surface area contributed by atoms with E-state index in [0.29, 0.717) is 25.1 Å². The van der Waals surface area contributed by atoms with Crippen molar-refractivity contribution in [3.8, 4) is 5.75 Å². The van der Waals surface area contributed by atoms with E-state index in [2.05, 4.69) is 10.6 Å². The van der Waals surface area contributed by atoms with Crippen molar-refractivity contribution in [3.63, 3.8) is 0 Å². The molecule has 0 aliphatic heterocycles. The van der Waals surface area contributed by atoms with E-state index in [0.717, 1.165) is 25.0 Å². The normalized spacial score (nSPS) is 16.4. The third-order valence-corrected chi connectivity index (χ3v) is 4.06. The summed E-state index contributed by atoms with van der Waals surface area (Å²) in [6, 6.07) is 7.09. The van der Waals surface area contributed by atoms with Crippen LogP contribution in [0, 0.1) is 0 Å². The van der Waals surface area contributed by atoms with Gasteiger partial charge in [0.1, 0.15) is 5.75 Å². The summed E-state index contributed by atoms with van der Waals surface area (Å²) in [6.07, 6.45) is 4.40. The topological polar surface area (TPSA) is 93.5 Å². The Balaban J connectivity index is 1.79. The van der Waals surface area contributed by atoms with Crippen LogP contribution in [-0.2, 0) is 9.59 Å². The highest BCUT2D eigenvalue weighted by Gasteiger charge is 2.35. The number of carbonyl (C=O) groups is 2. The molecule has 6 heteroatoms. The molecular weight excluding hydrogens is 294 g/mol. The van der Waals surface area contributed by atoms with Gasteiger partial charge in [0.25, 0.3) is 0 Å². The van der Waals surface area contributed by atoms with Gasteiger partial charge in [-0.1, -0.05) is 19.3 Å². The lowest BCUT2D eigenvalue weighted by atomic mass is 9.82. The van der Waals surface area contributed by atoms with Crippen LogP contribution >= 0.6 is 0 Å². The SMILES string of the molecule is CCOc1ccc(NC(=O)CNC(=O)C2(N)CCCCC2)cc1. The molecule has 0 saturated heterocycles. The maximum Gasteiger partial charge on any atom is 0.243 e. The van der Waals surface area contributed by atoms with Crippen LogP contribution in [0.15, 0.2) is 24.3 Å². The molecular formula is C17H25N3O3. The van der Waals surface area contributed by atoms with E-state index in [9.17, 15) is 9.59 Å². The number of nitrogens with one attached hydrogen (secondary N) is 2. The number of anilines is 1. The van der Waals surface area contributed by atoms with Crippen LogP contribution in [0.25, 0.3) is 0 Å². The first-order valence-corrected chi connectivity index (χ1v) is 8.13. The highest BCUT2D eigenvalue weighted by atomic mass is 16.5. The van der Waals surface area contributed by atoms with Gasteiger partial charge in [0, 0.05) is 5.69 Å². The van der Waals surface area contributed by atoms with Crippen molar-refractivity contribution in [3.05, 3.63) is 24.3 Å². The molecule has 1 aliphatic rings. The monoisotopic (exact) mass is 319 g/mol. The Bertz CT molecular complexity index is 537. The summed E-state index contributed by atoms with van der Waals surface area (Å²) in [6.45, 7) is 2.43. The smallest absolute Gasteiger partial charge is 0.243 e. The predicted molar refractivity (Wildman–Crippen MR) is 89.3 cm³/mol. The molecule has 2 amide bonds. The van der Waals surface area contributed by atoms with Crippen molar-refractivity contribution in [1.29, 1.82) is 0 Å². The summed E-state index contributed by atoms with van der Waals surface area (Å²) >= 11 is 0. The molecule has 6 nitrogen and oxygen atoms in total. The van der Waals surface area contributed by atoms with Gasteiger partial charge in [-0.3, -0.25) is 9.59 Å². The number of hydrogen-bond donors (Lipinski definition) is 3. The molecule has 4 N–H and O–H groups in total. The van der Waals surface area contributed by atoms with Crippen LogP contribution in [0.4, 0.5) is 5.69 Å². The minimum absolute atomic E-state index is 0.0784. The maximum atomic E-state index is 12.2. The Morgan fingerprint density at radius 3 is 2.43 bits per heavy atom. The zero-order valence-corrected chi connectivity index (χ0v) is 13.6. The van der Waals surface area contributed by atoms with E-state index < -0.39 is 5.54 Å². The molecule has 23 heavy (non-hydrogen) atoms. The van der Waals surface area contributed by atoms with Crippen molar-refractivity contribution in [2.45, 2.75) is 44.6 Å². The molecule has 1 aliphatic carbocycles. The Morgan fingerprint density at radius 1 is 1.17 bits per heavy atom. The fraction of sp³-hybridized carbons (Fsp3) is 0.529. The molecule has 1 aromatic carbocycles. The minimum atomic E-state index is -0.822. The Morgan fingerprint density at radius 2 is 1.83 bits per heavy atom. The van der Waals surface area contributed by atoms with Gasteiger partial charge >= 0.3 is 0 Å². The summed E-state index contributed by atoms with van der Waals surface area (Å²) < 4.78 is 5.34. The fourth-order valence-corrected chi connectivity index (χ4v) is 2.75. The second-order valence-electron chi connectivity index (χ2n) is 5.91. The van der Waals surface area contributed by atoms with Crippen LogP contribution in [-0.4, -0.2) is 30.5 Å². The lowest BCUT2D eigenvalue weighted by molar-refractivity contribution is -0.129. The van der Waals surface area contributed by atoms with Gasteiger partial charge in [0.05, 0.1) is 18.7 Å². The van der Waals surface area contributed by atoms with Crippen LogP contribution in [0.5, 0.6) is 5.75 Å². The molecule has 0 aromatic heterocycles. The molecule has 1 saturated carbocycles. The molecule has 0 spiro atoms. The first-order valence-electron chi connectivity index (χ1n) is 8.13. The van der Waals surface area contributed by atoms with Gasteiger partial charge in [-0.25, -0.2) is 0 Å². The Hall–Kier alpha value is -2.08. The van der Waals surface area contributed by atoms with E-state index in [1.54, 1.807) is 24.3 Å². The van der Waals surface area contributed by atoms with Crippen LogP contribution in [0.1, 0.15) is 39.0 Å². The quantitative estimate of drug-likeness (QED) is 0.745. The van der Waals surface area contributed by atoms with Crippen molar-refractivity contribution in [2.24, 2.45) is 5.73 Å². The Labute approximate surface area is 136 Å². The number of nitrogens with two attached hydrogens (primary N) is 1. The molecule has 126 valence electrons. The number of amides is 2. The highest BCUT2D eigenvalue weighted by Crippen LogP contribution is 2.25. The largest absolute Gasteiger partial charge is 0.494 e. The number of hydrogen-bond acceptors (Lipinski definition) is 4. The van der Waals surface area contributed by atoms with E-state index in [-0.39, 0.29) is 18.4 Å². The summed E-state index contributed by atoms with van der Waals surface area (Å²) in [5.41, 5.74) is 5.97. The standard InChI is InChI=1S/C17H25N3O3/c1-2-23-14-8-6-13(7-9-14)20-15(21)12-19-16(22)17(18)10-4-3-5-11-17/h6-9H,2-5,10-12,18H2,1H3,(H,19,22)(H,20,21). The first-order chi connectivity index (χ1) is 11.0. The average Bonchev–Trinajstić information content (AvgIpc) is 2.55. The number of benzene rings is 1. The fourth-order valence-electron chi connectivity index (χ4n) is 2.75. The number of carbonyl (C=O) groups excluding carboxylic acids is 2. The van der Waals surface area contributed by atoms with Gasteiger partial charge < -0.3 is 21.1 Å². The predicted octanol–water partition coefficient (Wildman–Crippen LogP) is 1.80. The first kappa shape index (κ1) is 17.3. The third-order valence-electron chi connectivity index (χ3n) is 4.06. The van der Waals surface area contributed by atoms with Crippen LogP contribution < -0.4 is 21.1 Å².